The van der Waals surface area contributed by atoms with E-state index in [2.05, 4.69) is 15.6 Å². The Morgan fingerprint density at radius 1 is 0.963 bits per heavy atom. The zero-order chi connectivity index (χ0) is 19.2. The summed E-state index contributed by atoms with van der Waals surface area (Å²) in [5.41, 5.74) is 2.68. The van der Waals surface area contributed by atoms with Gasteiger partial charge in [0, 0.05) is 16.4 Å². The lowest BCUT2D eigenvalue weighted by Crippen LogP contribution is -2.13. The Hall–Kier alpha value is -3.38. The molecule has 6 nitrogen and oxygen atoms in total. The molecule has 0 spiro atoms. The molecule has 1 aromatic heterocycles. The molecule has 2 N–H and O–H groups in total. The average Bonchev–Trinajstić information content (AvgIpc) is 2.68. The van der Waals surface area contributed by atoms with Gasteiger partial charge in [0.05, 0.1) is 24.6 Å². The van der Waals surface area contributed by atoms with Crippen molar-refractivity contribution in [3.05, 3.63) is 83.1 Å². The van der Waals surface area contributed by atoms with Crippen molar-refractivity contribution in [2.24, 2.45) is 0 Å². The molecule has 3 aromatic rings. The zero-order valence-electron chi connectivity index (χ0n) is 14.4. The van der Waals surface area contributed by atoms with Gasteiger partial charge in [-0.05, 0) is 48.5 Å². The number of halogens is 1. The number of methoxy groups -OCH3 is 1. The average molecular weight is 382 g/mol. The fourth-order valence-electron chi connectivity index (χ4n) is 2.37. The lowest BCUT2D eigenvalue weighted by atomic mass is 10.2. The number of nitrogens with one attached hydrogen (secondary N) is 2. The van der Waals surface area contributed by atoms with E-state index in [9.17, 15) is 9.59 Å². The number of hydrogen-bond donors (Lipinski definition) is 2. The van der Waals surface area contributed by atoms with E-state index < -0.39 is 5.97 Å². The predicted molar refractivity (Wildman–Crippen MR) is 105 cm³/mol. The molecular formula is C20H16ClN3O3. The van der Waals surface area contributed by atoms with Crippen LogP contribution in [0.1, 0.15) is 20.8 Å². The number of amides is 1. The van der Waals surface area contributed by atoms with Gasteiger partial charge in [-0.15, -0.1) is 0 Å². The van der Waals surface area contributed by atoms with Gasteiger partial charge in [-0.3, -0.25) is 4.79 Å². The third-order valence-corrected chi connectivity index (χ3v) is 3.89. The van der Waals surface area contributed by atoms with Crippen LogP contribution in [0, 0.1) is 0 Å². The van der Waals surface area contributed by atoms with E-state index in [1.54, 1.807) is 54.6 Å². The van der Waals surface area contributed by atoms with Crippen LogP contribution >= 0.6 is 11.6 Å². The van der Waals surface area contributed by atoms with Crippen LogP contribution in [0.5, 0.6) is 0 Å². The van der Waals surface area contributed by atoms with E-state index >= 15 is 0 Å². The molecule has 0 atom stereocenters. The van der Waals surface area contributed by atoms with Gasteiger partial charge in [0.25, 0.3) is 5.91 Å². The molecule has 2 aromatic carbocycles. The summed E-state index contributed by atoms with van der Waals surface area (Å²) in [6, 6.07) is 17.1. The number of ether oxygens (including phenoxy) is 1. The molecular weight excluding hydrogens is 366 g/mol. The van der Waals surface area contributed by atoms with Gasteiger partial charge in [-0.2, -0.15) is 0 Å². The van der Waals surface area contributed by atoms with Crippen LogP contribution in [0.4, 0.5) is 17.1 Å². The minimum atomic E-state index is -0.412. The number of anilines is 3. The molecule has 0 saturated heterocycles. The normalized spacial score (nSPS) is 10.1. The summed E-state index contributed by atoms with van der Waals surface area (Å²) in [4.78, 5) is 28.0. The topological polar surface area (TPSA) is 80.3 Å². The fourth-order valence-corrected chi connectivity index (χ4v) is 2.56. The van der Waals surface area contributed by atoms with Gasteiger partial charge < -0.3 is 15.4 Å². The number of hydrogen-bond acceptors (Lipinski definition) is 5. The monoisotopic (exact) mass is 381 g/mol. The Labute approximate surface area is 161 Å². The Bertz CT molecular complexity index is 974. The number of nitrogens with zero attached hydrogens (tertiary/aromatic N) is 1. The van der Waals surface area contributed by atoms with Gasteiger partial charge in [-0.25, -0.2) is 9.78 Å². The van der Waals surface area contributed by atoms with Crippen LogP contribution in [0.3, 0.4) is 0 Å². The van der Waals surface area contributed by atoms with Crippen LogP contribution < -0.4 is 10.6 Å². The zero-order valence-corrected chi connectivity index (χ0v) is 15.2. The highest BCUT2D eigenvalue weighted by atomic mass is 35.5. The number of carbonyl (C=O) groups excluding carboxylic acids is 2. The van der Waals surface area contributed by atoms with Crippen LogP contribution in [-0.4, -0.2) is 24.0 Å². The van der Waals surface area contributed by atoms with Gasteiger partial charge in [0.15, 0.2) is 0 Å². The predicted octanol–water partition coefficient (Wildman–Crippen LogP) is 4.52. The first-order chi connectivity index (χ1) is 13.0. The maximum absolute atomic E-state index is 12.3. The Kier molecular flexibility index (Phi) is 5.68. The van der Waals surface area contributed by atoms with Crippen LogP contribution in [0.2, 0.25) is 5.02 Å². The standard InChI is InChI=1S/C20H16ClN3O3/c1-27-20(26)13-4-2-6-15(10-13)23-17-8-9-18(22-12-17)19(25)24-16-7-3-5-14(21)11-16/h2-12,23H,1H3,(H,24,25). The van der Waals surface area contributed by atoms with Crippen molar-refractivity contribution in [1.29, 1.82) is 0 Å². The summed E-state index contributed by atoms with van der Waals surface area (Å²) in [5, 5.41) is 6.40. The highest BCUT2D eigenvalue weighted by Gasteiger charge is 2.09. The fraction of sp³-hybridized carbons (Fsp3) is 0.0500. The van der Waals surface area contributed by atoms with Crippen molar-refractivity contribution in [3.63, 3.8) is 0 Å². The molecule has 3 rings (SSSR count). The minimum absolute atomic E-state index is 0.267. The van der Waals surface area contributed by atoms with Crippen molar-refractivity contribution in [2.75, 3.05) is 17.7 Å². The Morgan fingerprint density at radius 3 is 2.44 bits per heavy atom. The molecule has 1 heterocycles. The van der Waals surface area contributed by atoms with E-state index in [1.165, 1.54) is 13.3 Å². The second-order valence-electron chi connectivity index (χ2n) is 5.59. The van der Waals surface area contributed by atoms with Crippen molar-refractivity contribution >= 4 is 40.5 Å². The van der Waals surface area contributed by atoms with Crippen LogP contribution in [0.25, 0.3) is 0 Å². The maximum atomic E-state index is 12.3. The Balaban J connectivity index is 1.68. The van der Waals surface area contributed by atoms with Gasteiger partial charge >= 0.3 is 5.97 Å². The lowest BCUT2D eigenvalue weighted by molar-refractivity contribution is 0.0600. The third-order valence-electron chi connectivity index (χ3n) is 3.65. The van der Waals surface area contributed by atoms with Crippen LogP contribution in [-0.2, 0) is 4.74 Å². The summed E-state index contributed by atoms with van der Waals surface area (Å²) in [7, 11) is 1.33. The first kappa shape index (κ1) is 18.4. The van der Waals surface area contributed by atoms with Crippen LogP contribution in [0.15, 0.2) is 66.9 Å². The molecule has 0 unspecified atom stereocenters. The molecule has 0 bridgehead atoms. The van der Waals surface area contributed by atoms with E-state index in [0.717, 1.165) is 0 Å². The highest BCUT2D eigenvalue weighted by molar-refractivity contribution is 6.30. The van der Waals surface area contributed by atoms with E-state index in [4.69, 9.17) is 16.3 Å². The number of pyridine rings is 1. The van der Waals surface area contributed by atoms with Crippen molar-refractivity contribution in [3.8, 4) is 0 Å². The van der Waals surface area contributed by atoms with Crippen molar-refractivity contribution < 1.29 is 14.3 Å². The van der Waals surface area contributed by atoms with Gasteiger partial charge in [-0.1, -0.05) is 23.7 Å². The lowest BCUT2D eigenvalue weighted by Gasteiger charge is -2.09. The summed E-state index contributed by atoms with van der Waals surface area (Å²) < 4.78 is 4.71. The number of benzene rings is 2. The largest absolute Gasteiger partial charge is 0.465 e. The molecule has 0 fully saturated rings. The van der Waals surface area contributed by atoms with E-state index in [1.807, 2.05) is 6.07 Å². The molecule has 1 amide bonds. The second kappa shape index (κ2) is 8.33. The molecule has 27 heavy (non-hydrogen) atoms. The first-order valence-corrected chi connectivity index (χ1v) is 8.41. The molecule has 0 aliphatic carbocycles. The molecule has 136 valence electrons. The van der Waals surface area contributed by atoms with E-state index in [0.29, 0.717) is 27.6 Å². The Morgan fingerprint density at radius 2 is 1.74 bits per heavy atom. The number of carbonyl (C=O) groups is 2. The van der Waals surface area contributed by atoms with Gasteiger partial charge in [0.1, 0.15) is 5.69 Å². The summed E-state index contributed by atoms with van der Waals surface area (Å²) in [5.74, 6) is -0.749. The number of aromatic nitrogens is 1. The number of esters is 1. The highest BCUT2D eigenvalue weighted by Crippen LogP contribution is 2.19. The van der Waals surface area contributed by atoms with Crippen molar-refractivity contribution in [2.45, 2.75) is 0 Å². The smallest absolute Gasteiger partial charge is 0.337 e. The summed E-state index contributed by atoms with van der Waals surface area (Å²) in [6.45, 7) is 0. The molecule has 0 aliphatic heterocycles. The molecule has 0 aliphatic rings. The molecule has 7 heteroatoms. The minimum Gasteiger partial charge on any atom is -0.465 e. The molecule has 0 saturated carbocycles. The SMILES string of the molecule is COC(=O)c1cccc(Nc2ccc(C(=O)Nc3cccc(Cl)c3)nc2)c1. The second-order valence-corrected chi connectivity index (χ2v) is 6.03. The summed E-state index contributed by atoms with van der Waals surface area (Å²) in [6.07, 6.45) is 1.54. The maximum Gasteiger partial charge on any atom is 0.337 e. The third kappa shape index (κ3) is 4.83. The van der Waals surface area contributed by atoms with Crippen molar-refractivity contribution in [1.82, 2.24) is 4.98 Å². The van der Waals surface area contributed by atoms with E-state index in [-0.39, 0.29) is 11.6 Å². The van der Waals surface area contributed by atoms with Gasteiger partial charge in [0.2, 0.25) is 0 Å². The number of rotatable bonds is 5. The summed E-state index contributed by atoms with van der Waals surface area (Å²) >= 11 is 5.91. The quantitative estimate of drug-likeness (QED) is 0.635. The molecule has 0 radical (unpaired) electrons. The first-order valence-electron chi connectivity index (χ1n) is 8.03.